The Kier molecular flexibility index (Phi) is 3.76. The van der Waals surface area contributed by atoms with Gasteiger partial charge < -0.3 is 14.4 Å². The average Bonchev–Trinajstić information content (AvgIpc) is 2.77. The number of nitrogens with zero attached hydrogens (tertiary/aromatic N) is 1. The minimum absolute atomic E-state index is 0.103. The van der Waals surface area contributed by atoms with Crippen LogP contribution < -0.4 is 0 Å². The molecule has 0 unspecified atom stereocenters. The van der Waals surface area contributed by atoms with E-state index in [0.717, 1.165) is 5.39 Å². The molecular formula is C13H12ClNO4. The van der Waals surface area contributed by atoms with Crippen LogP contribution in [0.25, 0.3) is 11.0 Å². The summed E-state index contributed by atoms with van der Waals surface area (Å²) in [4.78, 5) is 23.8. The summed E-state index contributed by atoms with van der Waals surface area (Å²) < 4.78 is 5.42. The molecule has 1 heterocycles. The smallest absolute Gasteiger partial charge is 0.305 e. The minimum Gasteiger partial charge on any atom is -0.481 e. The third kappa shape index (κ3) is 3.06. The van der Waals surface area contributed by atoms with Gasteiger partial charge in [0.2, 0.25) is 0 Å². The molecule has 0 aliphatic rings. The van der Waals surface area contributed by atoms with Crippen LogP contribution in [0.4, 0.5) is 0 Å². The number of halogens is 1. The molecule has 1 aromatic heterocycles. The number of hydrogen-bond acceptors (Lipinski definition) is 3. The summed E-state index contributed by atoms with van der Waals surface area (Å²) in [5, 5.41) is 9.88. The predicted molar refractivity (Wildman–Crippen MR) is 70.4 cm³/mol. The van der Waals surface area contributed by atoms with Crippen molar-refractivity contribution in [3.63, 3.8) is 0 Å². The summed E-state index contributed by atoms with van der Waals surface area (Å²) in [5.74, 6) is -1.13. The van der Waals surface area contributed by atoms with Crippen molar-refractivity contribution >= 4 is 34.4 Å². The molecule has 2 rings (SSSR count). The molecule has 6 heteroatoms. The summed E-state index contributed by atoms with van der Waals surface area (Å²) in [5.41, 5.74) is 0.569. The SMILES string of the molecule is CN(CCC(=O)O)C(=O)c1cc2cc(Cl)ccc2o1. The second-order valence-corrected chi connectivity index (χ2v) is 4.60. The van der Waals surface area contributed by atoms with Gasteiger partial charge in [-0.1, -0.05) is 11.6 Å². The summed E-state index contributed by atoms with van der Waals surface area (Å²) in [6.45, 7) is 0.131. The molecule has 0 bridgehead atoms. The number of carbonyl (C=O) groups is 2. The monoisotopic (exact) mass is 281 g/mol. The molecule has 0 aliphatic carbocycles. The number of benzene rings is 1. The molecule has 100 valence electrons. The van der Waals surface area contributed by atoms with Gasteiger partial charge >= 0.3 is 5.97 Å². The fourth-order valence-electron chi connectivity index (χ4n) is 1.67. The Labute approximate surface area is 114 Å². The van der Waals surface area contributed by atoms with Crippen LogP contribution in [-0.4, -0.2) is 35.5 Å². The third-order valence-corrected chi connectivity index (χ3v) is 2.93. The van der Waals surface area contributed by atoms with Crippen molar-refractivity contribution in [2.75, 3.05) is 13.6 Å². The van der Waals surface area contributed by atoms with E-state index < -0.39 is 5.97 Å². The highest BCUT2D eigenvalue weighted by Gasteiger charge is 2.17. The van der Waals surface area contributed by atoms with Gasteiger partial charge in [0.15, 0.2) is 5.76 Å². The summed E-state index contributed by atoms with van der Waals surface area (Å²) in [6, 6.07) is 6.66. The molecule has 0 saturated heterocycles. The number of carboxylic acid groups (broad SMARTS) is 1. The van der Waals surface area contributed by atoms with E-state index in [1.165, 1.54) is 11.9 Å². The summed E-state index contributed by atoms with van der Waals surface area (Å²) in [6.07, 6.45) is -0.103. The van der Waals surface area contributed by atoms with Crippen LogP contribution in [0.3, 0.4) is 0 Å². The Balaban J connectivity index is 2.19. The predicted octanol–water partition coefficient (Wildman–Crippen LogP) is 2.63. The second kappa shape index (κ2) is 5.32. The van der Waals surface area contributed by atoms with Crippen molar-refractivity contribution in [2.24, 2.45) is 0 Å². The standard InChI is InChI=1S/C13H12ClNO4/c1-15(5-4-12(16)17)13(18)11-7-8-6-9(14)2-3-10(8)19-11/h2-3,6-7H,4-5H2,1H3,(H,16,17). The van der Waals surface area contributed by atoms with Gasteiger partial charge in [-0.05, 0) is 24.3 Å². The molecule has 1 N–H and O–H groups in total. The van der Waals surface area contributed by atoms with E-state index in [4.69, 9.17) is 21.1 Å². The van der Waals surface area contributed by atoms with E-state index in [1.54, 1.807) is 24.3 Å². The first kappa shape index (κ1) is 13.4. The number of hydrogen-bond donors (Lipinski definition) is 1. The van der Waals surface area contributed by atoms with Gasteiger partial charge in [-0.3, -0.25) is 9.59 Å². The van der Waals surface area contributed by atoms with Gasteiger partial charge in [-0.15, -0.1) is 0 Å². The van der Waals surface area contributed by atoms with Crippen LogP contribution in [0.15, 0.2) is 28.7 Å². The van der Waals surface area contributed by atoms with Crippen LogP contribution in [-0.2, 0) is 4.79 Å². The second-order valence-electron chi connectivity index (χ2n) is 4.16. The third-order valence-electron chi connectivity index (χ3n) is 2.70. The molecule has 0 saturated carbocycles. The molecule has 1 amide bonds. The number of rotatable bonds is 4. The Hall–Kier alpha value is -2.01. The van der Waals surface area contributed by atoms with Gasteiger partial charge in [0, 0.05) is 24.0 Å². The Bertz CT molecular complexity index is 635. The first-order valence-corrected chi connectivity index (χ1v) is 6.01. The average molecular weight is 282 g/mol. The van der Waals surface area contributed by atoms with Crippen molar-refractivity contribution in [2.45, 2.75) is 6.42 Å². The Morgan fingerprint density at radius 1 is 1.37 bits per heavy atom. The van der Waals surface area contributed by atoms with E-state index in [2.05, 4.69) is 0 Å². The van der Waals surface area contributed by atoms with E-state index in [9.17, 15) is 9.59 Å². The maximum absolute atomic E-state index is 12.0. The highest BCUT2D eigenvalue weighted by Crippen LogP contribution is 2.23. The first-order valence-electron chi connectivity index (χ1n) is 5.64. The van der Waals surface area contributed by atoms with E-state index in [-0.39, 0.29) is 24.6 Å². The van der Waals surface area contributed by atoms with Crippen LogP contribution in [0, 0.1) is 0 Å². The highest BCUT2D eigenvalue weighted by atomic mass is 35.5. The lowest BCUT2D eigenvalue weighted by Crippen LogP contribution is -2.28. The number of carboxylic acids is 1. The quantitative estimate of drug-likeness (QED) is 0.935. The topological polar surface area (TPSA) is 70.8 Å². The fraction of sp³-hybridized carbons (Fsp3) is 0.231. The van der Waals surface area contributed by atoms with E-state index in [1.807, 2.05) is 0 Å². The van der Waals surface area contributed by atoms with Crippen molar-refractivity contribution in [1.82, 2.24) is 4.90 Å². The number of amides is 1. The number of carbonyl (C=O) groups excluding carboxylic acids is 1. The zero-order chi connectivity index (χ0) is 14.0. The largest absolute Gasteiger partial charge is 0.481 e. The zero-order valence-electron chi connectivity index (χ0n) is 10.2. The minimum atomic E-state index is -0.948. The van der Waals surface area contributed by atoms with Gasteiger partial charge in [0.25, 0.3) is 5.91 Å². The van der Waals surface area contributed by atoms with Crippen molar-refractivity contribution in [1.29, 1.82) is 0 Å². The summed E-state index contributed by atoms with van der Waals surface area (Å²) in [7, 11) is 1.53. The lowest BCUT2D eigenvalue weighted by Gasteiger charge is -2.13. The lowest BCUT2D eigenvalue weighted by atomic mass is 10.2. The molecular weight excluding hydrogens is 270 g/mol. The fourth-order valence-corrected chi connectivity index (χ4v) is 1.85. The number of fused-ring (bicyclic) bond motifs is 1. The maximum Gasteiger partial charge on any atom is 0.305 e. The van der Waals surface area contributed by atoms with Crippen LogP contribution in [0.1, 0.15) is 17.0 Å². The van der Waals surface area contributed by atoms with Gasteiger partial charge in [-0.25, -0.2) is 0 Å². The lowest BCUT2D eigenvalue weighted by molar-refractivity contribution is -0.137. The van der Waals surface area contributed by atoms with E-state index >= 15 is 0 Å². The van der Waals surface area contributed by atoms with Gasteiger partial charge in [0.1, 0.15) is 5.58 Å². The molecule has 0 aliphatic heterocycles. The molecule has 5 nitrogen and oxygen atoms in total. The molecule has 2 aromatic rings. The molecule has 0 fully saturated rings. The van der Waals surface area contributed by atoms with E-state index in [0.29, 0.717) is 10.6 Å². The van der Waals surface area contributed by atoms with Crippen LogP contribution >= 0.6 is 11.6 Å². The van der Waals surface area contributed by atoms with Crippen molar-refractivity contribution in [3.8, 4) is 0 Å². The number of aliphatic carboxylic acids is 1. The molecule has 1 aromatic carbocycles. The molecule has 0 atom stereocenters. The first-order chi connectivity index (χ1) is 8.97. The summed E-state index contributed by atoms with van der Waals surface area (Å²) >= 11 is 5.85. The van der Waals surface area contributed by atoms with Gasteiger partial charge in [-0.2, -0.15) is 0 Å². The highest BCUT2D eigenvalue weighted by molar-refractivity contribution is 6.31. The molecule has 0 spiro atoms. The van der Waals surface area contributed by atoms with Crippen molar-refractivity contribution < 1.29 is 19.1 Å². The van der Waals surface area contributed by atoms with Crippen LogP contribution in [0.5, 0.6) is 0 Å². The zero-order valence-corrected chi connectivity index (χ0v) is 11.0. The number of furan rings is 1. The van der Waals surface area contributed by atoms with Gasteiger partial charge in [0.05, 0.1) is 6.42 Å². The normalized spacial score (nSPS) is 10.6. The van der Waals surface area contributed by atoms with Crippen molar-refractivity contribution in [3.05, 3.63) is 35.0 Å². The maximum atomic E-state index is 12.0. The molecule has 0 radical (unpaired) electrons. The Morgan fingerprint density at radius 3 is 2.79 bits per heavy atom. The van der Waals surface area contributed by atoms with Crippen LogP contribution in [0.2, 0.25) is 5.02 Å². The Morgan fingerprint density at radius 2 is 2.11 bits per heavy atom. The molecule has 19 heavy (non-hydrogen) atoms.